The fourth-order valence-electron chi connectivity index (χ4n) is 3.56. The lowest BCUT2D eigenvalue weighted by atomic mass is 10.1. The average molecular weight is 347 g/mol. The van der Waals surface area contributed by atoms with E-state index < -0.39 is 6.10 Å². The van der Waals surface area contributed by atoms with Crippen molar-refractivity contribution in [3.63, 3.8) is 0 Å². The molecular formula is C22H21NOS. The molecule has 3 aliphatic rings. The van der Waals surface area contributed by atoms with Crippen LogP contribution in [0.15, 0.2) is 94.1 Å². The number of nitrogens with zero attached hydrogens (tertiary/aromatic N) is 1. The third-order valence-electron chi connectivity index (χ3n) is 4.81. The zero-order valence-electron chi connectivity index (χ0n) is 14.3. The van der Waals surface area contributed by atoms with Crippen molar-refractivity contribution >= 4 is 11.8 Å². The minimum absolute atomic E-state index is 0.521. The maximum absolute atomic E-state index is 10.8. The van der Waals surface area contributed by atoms with Gasteiger partial charge in [-0.3, -0.25) is 0 Å². The van der Waals surface area contributed by atoms with Gasteiger partial charge in [-0.15, -0.1) is 0 Å². The van der Waals surface area contributed by atoms with Gasteiger partial charge in [-0.05, 0) is 41.2 Å². The summed E-state index contributed by atoms with van der Waals surface area (Å²) in [6, 6.07) is 8.17. The molecular weight excluding hydrogens is 326 g/mol. The second-order valence-electron chi connectivity index (χ2n) is 6.43. The summed E-state index contributed by atoms with van der Waals surface area (Å²) in [4.78, 5) is 3.38. The average Bonchev–Trinajstić information content (AvgIpc) is 3.12. The fraction of sp³-hybridized carbons (Fsp3) is 0.182. The van der Waals surface area contributed by atoms with Crippen molar-refractivity contribution < 1.29 is 5.11 Å². The number of fused-ring (bicyclic) bond motifs is 1. The predicted molar refractivity (Wildman–Crippen MR) is 106 cm³/mol. The van der Waals surface area contributed by atoms with Crippen molar-refractivity contribution in [2.45, 2.75) is 18.9 Å². The van der Waals surface area contributed by atoms with Crippen LogP contribution in [0.25, 0.3) is 0 Å². The molecule has 0 amide bonds. The van der Waals surface area contributed by atoms with Gasteiger partial charge in [0, 0.05) is 12.0 Å². The highest BCUT2D eigenvalue weighted by molar-refractivity contribution is 8.07. The van der Waals surface area contributed by atoms with Crippen LogP contribution in [0, 0.1) is 0 Å². The van der Waals surface area contributed by atoms with Gasteiger partial charge >= 0.3 is 0 Å². The second-order valence-corrected chi connectivity index (χ2v) is 7.46. The van der Waals surface area contributed by atoms with Gasteiger partial charge in [0.25, 0.3) is 0 Å². The first-order valence-corrected chi connectivity index (χ1v) is 9.32. The molecule has 25 heavy (non-hydrogen) atoms. The summed E-state index contributed by atoms with van der Waals surface area (Å²) in [5, 5.41) is 12.0. The molecule has 0 aromatic heterocycles. The molecule has 126 valence electrons. The highest BCUT2D eigenvalue weighted by Crippen LogP contribution is 2.49. The number of thioether (sulfide) groups is 1. The minimum atomic E-state index is -0.521. The number of rotatable bonds is 0. The Morgan fingerprint density at radius 3 is 2.84 bits per heavy atom. The Balaban J connectivity index is 1.74. The quantitative estimate of drug-likeness (QED) is 0.714. The summed E-state index contributed by atoms with van der Waals surface area (Å²) in [7, 11) is 2.07. The third-order valence-corrected chi connectivity index (χ3v) is 6.08. The van der Waals surface area contributed by atoms with Gasteiger partial charge in [0.2, 0.25) is 0 Å². The van der Waals surface area contributed by atoms with E-state index in [4.69, 9.17) is 0 Å². The maximum Gasteiger partial charge on any atom is 0.103 e. The van der Waals surface area contributed by atoms with E-state index in [-0.39, 0.29) is 0 Å². The molecule has 4 rings (SSSR count). The lowest BCUT2D eigenvalue weighted by molar-refractivity contribution is 0.218. The molecule has 1 aromatic carbocycles. The van der Waals surface area contributed by atoms with Gasteiger partial charge in [0.05, 0.1) is 10.7 Å². The number of hydrogen-bond acceptors (Lipinski definition) is 3. The van der Waals surface area contributed by atoms with Gasteiger partial charge in [-0.1, -0.05) is 73.0 Å². The lowest BCUT2D eigenvalue weighted by Crippen LogP contribution is -2.15. The Labute approximate surface area is 153 Å². The highest BCUT2D eigenvalue weighted by Gasteiger charge is 2.34. The molecule has 1 atom stereocenters. The Morgan fingerprint density at radius 1 is 1.16 bits per heavy atom. The van der Waals surface area contributed by atoms with Crippen LogP contribution in [0.2, 0.25) is 0 Å². The van der Waals surface area contributed by atoms with Gasteiger partial charge < -0.3 is 10.0 Å². The lowest BCUT2D eigenvalue weighted by Gasteiger charge is -2.21. The van der Waals surface area contributed by atoms with E-state index in [1.54, 1.807) is 11.8 Å². The Bertz CT molecular complexity index is 885. The van der Waals surface area contributed by atoms with Crippen LogP contribution in [-0.2, 0) is 6.42 Å². The first-order valence-electron chi connectivity index (χ1n) is 8.50. The molecule has 0 fully saturated rings. The van der Waals surface area contributed by atoms with Crippen LogP contribution in [-0.4, -0.2) is 17.1 Å². The summed E-state index contributed by atoms with van der Waals surface area (Å²) < 4.78 is 0. The Morgan fingerprint density at radius 2 is 2.00 bits per heavy atom. The smallest absolute Gasteiger partial charge is 0.103 e. The predicted octanol–water partition coefficient (Wildman–Crippen LogP) is 5.01. The first kappa shape index (κ1) is 16.2. The van der Waals surface area contributed by atoms with Crippen LogP contribution < -0.4 is 0 Å². The van der Waals surface area contributed by atoms with Gasteiger partial charge in [-0.25, -0.2) is 0 Å². The van der Waals surface area contributed by atoms with E-state index in [1.807, 2.05) is 24.3 Å². The van der Waals surface area contributed by atoms with E-state index >= 15 is 0 Å². The summed E-state index contributed by atoms with van der Waals surface area (Å²) >= 11 is 1.74. The molecule has 1 N–H and O–H groups in total. The van der Waals surface area contributed by atoms with Crippen LogP contribution in [0.4, 0.5) is 0 Å². The molecule has 0 bridgehead atoms. The minimum Gasteiger partial charge on any atom is -0.384 e. The molecule has 0 spiro atoms. The molecule has 0 saturated heterocycles. The number of aliphatic hydroxyl groups is 1. The van der Waals surface area contributed by atoms with Gasteiger partial charge in [0.1, 0.15) is 6.10 Å². The molecule has 0 radical (unpaired) electrons. The summed E-state index contributed by atoms with van der Waals surface area (Å²) in [5.41, 5.74) is 5.45. The number of aliphatic hydroxyl groups excluding tert-OH is 1. The SMILES string of the molecule is C=C1/C=C\C=C/C/C=C\C2=C1N(C)/C(=C1\Cc3ccccc3C1O)S2. The third kappa shape index (κ3) is 2.84. The Hall–Kier alpha value is -2.23. The monoisotopic (exact) mass is 347 g/mol. The van der Waals surface area contributed by atoms with E-state index in [2.05, 4.69) is 55.0 Å². The molecule has 1 aliphatic heterocycles. The van der Waals surface area contributed by atoms with Crippen molar-refractivity contribution in [3.8, 4) is 0 Å². The highest BCUT2D eigenvalue weighted by atomic mass is 32.2. The second kappa shape index (κ2) is 6.58. The van der Waals surface area contributed by atoms with Crippen molar-refractivity contribution in [1.29, 1.82) is 0 Å². The summed E-state index contributed by atoms with van der Waals surface area (Å²) in [6.45, 7) is 4.25. The first-order chi connectivity index (χ1) is 12.2. The molecule has 0 saturated carbocycles. The maximum atomic E-state index is 10.8. The standard InChI is InChI=1S/C22H21NOS/c1-15-10-6-4-3-5-7-13-19-20(15)23(2)22(25-19)18-14-16-11-8-9-12-17(16)21(18)24/h3-4,6-13,21,24H,1,5,14H2,2H3/b4-3-,10-6-,13-7-,22-18-. The van der Waals surface area contributed by atoms with Crippen LogP contribution in [0.1, 0.15) is 23.7 Å². The van der Waals surface area contributed by atoms with Crippen molar-refractivity contribution in [3.05, 3.63) is 105 Å². The van der Waals surface area contributed by atoms with Crippen molar-refractivity contribution in [2.75, 3.05) is 7.05 Å². The number of likely N-dealkylation sites (N-methyl/N-ethyl adjacent to an activating group) is 1. The molecule has 1 unspecified atom stereocenters. The van der Waals surface area contributed by atoms with Crippen molar-refractivity contribution in [2.24, 2.45) is 0 Å². The molecule has 3 heteroatoms. The van der Waals surface area contributed by atoms with Crippen LogP contribution in [0.5, 0.6) is 0 Å². The van der Waals surface area contributed by atoms with Gasteiger partial charge in [0.15, 0.2) is 0 Å². The van der Waals surface area contributed by atoms with Crippen LogP contribution >= 0.6 is 11.8 Å². The van der Waals surface area contributed by atoms with Crippen LogP contribution in [0.3, 0.4) is 0 Å². The largest absolute Gasteiger partial charge is 0.384 e. The van der Waals surface area contributed by atoms with Gasteiger partial charge in [-0.2, -0.15) is 0 Å². The topological polar surface area (TPSA) is 23.5 Å². The zero-order chi connectivity index (χ0) is 17.4. The van der Waals surface area contributed by atoms with E-state index in [0.717, 1.165) is 40.3 Å². The van der Waals surface area contributed by atoms with E-state index in [1.165, 1.54) is 10.5 Å². The zero-order valence-corrected chi connectivity index (χ0v) is 15.1. The molecule has 1 aromatic rings. The normalized spacial score (nSPS) is 29.4. The number of benzene rings is 1. The molecule has 2 aliphatic carbocycles. The summed E-state index contributed by atoms with van der Waals surface area (Å²) in [6.07, 6.45) is 13.8. The van der Waals surface area contributed by atoms with E-state index in [0.29, 0.717) is 0 Å². The van der Waals surface area contributed by atoms with E-state index in [9.17, 15) is 5.11 Å². The van der Waals surface area contributed by atoms with Crippen molar-refractivity contribution in [1.82, 2.24) is 4.90 Å². The fourth-order valence-corrected chi connectivity index (χ4v) is 4.84. The number of hydrogen-bond donors (Lipinski definition) is 1. The Kier molecular flexibility index (Phi) is 4.28. The number of allylic oxidation sites excluding steroid dienone is 6. The summed E-state index contributed by atoms with van der Waals surface area (Å²) in [5.74, 6) is 0. The molecule has 2 nitrogen and oxygen atoms in total. The molecule has 1 heterocycles.